The lowest BCUT2D eigenvalue weighted by Crippen LogP contribution is -1.97. The number of aromatic amines is 1. The third kappa shape index (κ3) is 2.03. The van der Waals surface area contributed by atoms with E-state index in [0.717, 1.165) is 21.2 Å². The molecule has 2 aromatic carbocycles. The van der Waals surface area contributed by atoms with Crippen molar-refractivity contribution in [2.45, 2.75) is 6.92 Å². The number of H-pyrrole nitrogens is 1. The molecule has 1 aromatic heterocycles. The maximum atomic E-state index is 13.8. The van der Waals surface area contributed by atoms with Crippen LogP contribution in [-0.2, 0) is 0 Å². The molecule has 3 aromatic rings. The monoisotopic (exact) mass is 336 g/mol. The van der Waals surface area contributed by atoms with Crippen LogP contribution in [0, 0.1) is 17.5 Å². The van der Waals surface area contributed by atoms with E-state index < -0.39 is 0 Å². The highest BCUT2D eigenvalue weighted by Crippen LogP contribution is 2.25. The molecule has 0 aliphatic rings. The Hall–Kier alpha value is -1.46. The zero-order valence-corrected chi connectivity index (χ0v) is 12.5. The Bertz CT molecular complexity index is 835. The van der Waals surface area contributed by atoms with Crippen molar-refractivity contribution in [3.8, 4) is 5.69 Å². The Kier molecular flexibility index (Phi) is 3.03. The molecule has 5 heteroatoms. The molecule has 0 bridgehead atoms. The van der Waals surface area contributed by atoms with Gasteiger partial charge in [0, 0.05) is 4.47 Å². The Morgan fingerprint density at radius 2 is 2.05 bits per heavy atom. The van der Waals surface area contributed by atoms with Gasteiger partial charge in [0.25, 0.3) is 0 Å². The standard InChI is InChI=1S/C14H10BrFN2S/c1-8-7-9(15)5-6-11(8)18-12-4-2-3-10(16)13(12)17-14(18)19/h2-7H,1H3,(H,17,19). The predicted molar refractivity (Wildman–Crippen MR) is 80.9 cm³/mol. The molecule has 0 amide bonds. The minimum atomic E-state index is -0.294. The van der Waals surface area contributed by atoms with Crippen molar-refractivity contribution in [2.24, 2.45) is 0 Å². The third-order valence-corrected chi connectivity index (χ3v) is 3.85. The maximum Gasteiger partial charge on any atom is 0.182 e. The van der Waals surface area contributed by atoms with Crippen LogP contribution in [0.1, 0.15) is 5.56 Å². The zero-order chi connectivity index (χ0) is 13.6. The fraction of sp³-hybridized carbons (Fsp3) is 0.0714. The average molecular weight is 337 g/mol. The van der Waals surface area contributed by atoms with Crippen molar-refractivity contribution in [2.75, 3.05) is 0 Å². The molecule has 0 unspecified atom stereocenters. The molecule has 2 nitrogen and oxygen atoms in total. The van der Waals surface area contributed by atoms with Gasteiger partial charge in [0.1, 0.15) is 11.3 Å². The first-order chi connectivity index (χ1) is 9.08. The molecule has 0 aliphatic carbocycles. The van der Waals surface area contributed by atoms with Gasteiger partial charge in [-0.15, -0.1) is 0 Å². The van der Waals surface area contributed by atoms with Gasteiger partial charge in [0.2, 0.25) is 0 Å². The minimum absolute atomic E-state index is 0.294. The number of benzene rings is 2. The summed E-state index contributed by atoms with van der Waals surface area (Å²) in [7, 11) is 0. The number of para-hydroxylation sites is 1. The number of imidazole rings is 1. The van der Waals surface area contributed by atoms with E-state index in [-0.39, 0.29) is 5.82 Å². The molecule has 1 N–H and O–H groups in total. The molecule has 0 spiro atoms. The molecule has 1 heterocycles. The molecule has 0 saturated heterocycles. The number of fused-ring (bicyclic) bond motifs is 1. The number of hydrogen-bond acceptors (Lipinski definition) is 1. The van der Waals surface area contributed by atoms with Crippen LogP contribution in [-0.4, -0.2) is 9.55 Å². The highest BCUT2D eigenvalue weighted by Gasteiger charge is 2.11. The van der Waals surface area contributed by atoms with Crippen molar-refractivity contribution in [1.29, 1.82) is 0 Å². The minimum Gasteiger partial charge on any atom is -0.328 e. The second-order valence-corrected chi connectivity index (χ2v) is 5.63. The second-order valence-electron chi connectivity index (χ2n) is 4.33. The number of nitrogens with one attached hydrogen (secondary N) is 1. The largest absolute Gasteiger partial charge is 0.328 e. The second kappa shape index (κ2) is 4.58. The van der Waals surface area contributed by atoms with Gasteiger partial charge in [-0.3, -0.25) is 4.57 Å². The SMILES string of the molecule is Cc1cc(Br)ccc1-n1c(=S)[nH]c2c(F)cccc21. The number of hydrogen-bond donors (Lipinski definition) is 1. The van der Waals surface area contributed by atoms with Crippen LogP contribution in [0.5, 0.6) is 0 Å². The fourth-order valence-electron chi connectivity index (χ4n) is 2.20. The summed E-state index contributed by atoms with van der Waals surface area (Å²) in [5, 5.41) is 0. The van der Waals surface area contributed by atoms with E-state index in [1.54, 1.807) is 6.07 Å². The van der Waals surface area contributed by atoms with E-state index in [1.807, 2.05) is 35.8 Å². The van der Waals surface area contributed by atoms with Crippen molar-refractivity contribution in [3.63, 3.8) is 0 Å². The van der Waals surface area contributed by atoms with Crippen molar-refractivity contribution in [1.82, 2.24) is 9.55 Å². The molecular formula is C14H10BrFN2S. The summed E-state index contributed by atoms with van der Waals surface area (Å²) < 4.78 is 17.1. The Morgan fingerprint density at radius 1 is 1.26 bits per heavy atom. The van der Waals surface area contributed by atoms with Gasteiger partial charge in [0.05, 0.1) is 11.2 Å². The molecule has 0 aliphatic heterocycles. The number of nitrogens with zero attached hydrogens (tertiary/aromatic N) is 1. The van der Waals surface area contributed by atoms with Crippen LogP contribution in [0.15, 0.2) is 40.9 Å². The maximum absolute atomic E-state index is 13.8. The number of aryl methyl sites for hydroxylation is 1. The van der Waals surface area contributed by atoms with E-state index in [9.17, 15) is 4.39 Å². The summed E-state index contributed by atoms with van der Waals surface area (Å²) in [5.41, 5.74) is 3.20. The lowest BCUT2D eigenvalue weighted by atomic mass is 10.2. The molecule has 19 heavy (non-hydrogen) atoms. The smallest absolute Gasteiger partial charge is 0.182 e. The Balaban J connectivity index is 2.40. The van der Waals surface area contributed by atoms with Gasteiger partial charge in [-0.1, -0.05) is 22.0 Å². The van der Waals surface area contributed by atoms with Crippen molar-refractivity contribution < 1.29 is 4.39 Å². The summed E-state index contributed by atoms with van der Waals surface area (Å²) in [6, 6.07) is 10.9. The lowest BCUT2D eigenvalue weighted by molar-refractivity contribution is 0.637. The van der Waals surface area contributed by atoms with E-state index in [2.05, 4.69) is 20.9 Å². The highest BCUT2D eigenvalue weighted by molar-refractivity contribution is 9.10. The van der Waals surface area contributed by atoms with Gasteiger partial charge in [-0.2, -0.15) is 0 Å². The lowest BCUT2D eigenvalue weighted by Gasteiger charge is -2.08. The van der Waals surface area contributed by atoms with Crippen molar-refractivity contribution >= 4 is 39.2 Å². The van der Waals surface area contributed by atoms with Gasteiger partial charge in [-0.25, -0.2) is 4.39 Å². The van der Waals surface area contributed by atoms with Crippen LogP contribution < -0.4 is 0 Å². The van der Waals surface area contributed by atoms with E-state index in [1.165, 1.54) is 6.07 Å². The first-order valence-corrected chi connectivity index (χ1v) is 6.94. The third-order valence-electron chi connectivity index (χ3n) is 3.07. The number of rotatable bonds is 1. The molecule has 96 valence electrons. The van der Waals surface area contributed by atoms with E-state index >= 15 is 0 Å². The Morgan fingerprint density at radius 3 is 2.79 bits per heavy atom. The van der Waals surface area contributed by atoms with Crippen LogP contribution in [0.2, 0.25) is 0 Å². The Labute approximate surface area is 123 Å². The number of aromatic nitrogens is 2. The first-order valence-electron chi connectivity index (χ1n) is 5.73. The summed E-state index contributed by atoms with van der Waals surface area (Å²) in [5.74, 6) is -0.294. The molecule has 0 fully saturated rings. The van der Waals surface area contributed by atoms with Crippen LogP contribution in [0.25, 0.3) is 16.7 Å². The van der Waals surface area contributed by atoms with Gasteiger partial charge in [0.15, 0.2) is 4.77 Å². The summed E-state index contributed by atoms with van der Waals surface area (Å²) in [4.78, 5) is 2.93. The van der Waals surface area contributed by atoms with E-state index in [0.29, 0.717) is 10.3 Å². The molecule has 0 radical (unpaired) electrons. The van der Waals surface area contributed by atoms with Gasteiger partial charge < -0.3 is 4.98 Å². The van der Waals surface area contributed by atoms with Crippen LogP contribution >= 0.6 is 28.1 Å². The van der Waals surface area contributed by atoms with Gasteiger partial charge in [-0.05, 0) is 55.0 Å². The molecular weight excluding hydrogens is 327 g/mol. The molecule has 3 rings (SSSR count). The van der Waals surface area contributed by atoms with E-state index in [4.69, 9.17) is 12.2 Å². The quantitative estimate of drug-likeness (QED) is 0.627. The van der Waals surface area contributed by atoms with Crippen LogP contribution in [0.3, 0.4) is 0 Å². The summed E-state index contributed by atoms with van der Waals surface area (Å²) in [6.45, 7) is 2.00. The average Bonchev–Trinajstić information content (AvgIpc) is 2.68. The normalized spacial score (nSPS) is 11.1. The predicted octanol–water partition coefficient (Wildman–Crippen LogP) is 4.90. The topological polar surface area (TPSA) is 20.7 Å². The van der Waals surface area contributed by atoms with Gasteiger partial charge >= 0.3 is 0 Å². The summed E-state index contributed by atoms with van der Waals surface area (Å²) in [6.07, 6.45) is 0. The van der Waals surface area contributed by atoms with Crippen molar-refractivity contribution in [3.05, 3.63) is 57.0 Å². The first kappa shape index (κ1) is 12.6. The highest BCUT2D eigenvalue weighted by atomic mass is 79.9. The van der Waals surface area contributed by atoms with Crippen LogP contribution in [0.4, 0.5) is 4.39 Å². The number of halogens is 2. The molecule has 0 atom stereocenters. The zero-order valence-electron chi connectivity index (χ0n) is 10.1. The fourth-order valence-corrected chi connectivity index (χ4v) is 2.98. The summed E-state index contributed by atoms with van der Waals surface area (Å²) >= 11 is 8.75. The molecule has 0 saturated carbocycles.